The van der Waals surface area contributed by atoms with Gasteiger partial charge in [0.15, 0.2) is 0 Å². The SMILES string of the molecule is CCCC[C@H](N)C(=O)N(C)C1CCCN(C)C1. The van der Waals surface area contributed by atoms with Gasteiger partial charge in [-0.1, -0.05) is 19.8 Å². The third-order valence-corrected chi connectivity index (χ3v) is 3.68. The number of amides is 1. The van der Waals surface area contributed by atoms with Crippen LogP contribution in [0.5, 0.6) is 0 Å². The van der Waals surface area contributed by atoms with Gasteiger partial charge in [0.2, 0.25) is 5.91 Å². The van der Waals surface area contributed by atoms with Crippen molar-refractivity contribution in [1.82, 2.24) is 9.80 Å². The van der Waals surface area contributed by atoms with Gasteiger partial charge in [0.1, 0.15) is 0 Å². The molecule has 0 aliphatic carbocycles. The molecule has 1 fully saturated rings. The molecule has 100 valence electrons. The van der Waals surface area contributed by atoms with Crippen LogP contribution in [0.1, 0.15) is 39.0 Å². The zero-order valence-electron chi connectivity index (χ0n) is 11.5. The number of nitrogens with zero attached hydrogens (tertiary/aromatic N) is 2. The molecule has 1 heterocycles. The maximum absolute atomic E-state index is 12.1. The van der Waals surface area contributed by atoms with Gasteiger partial charge in [-0.2, -0.15) is 0 Å². The summed E-state index contributed by atoms with van der Waals surface area (Å²) in [5.74, 6) is 0.110. The van der Waals surface area contributed by atoms with E-state index in [0.29, 0.717) is 6.04 Å². The molecule has 0 radical (unpaired) electrons. The summed E-state index contributed by atoms with van der Waals surface area (Å²) < 4.78 is 0. The van der Waals surface area contributed by atoms with Gasteiger partial charge in [-0.05, 0) is 32.9 Å². The van der Waals surface area contributed by atoms with E-state index in [9.17, 15) is 4.79 Å². The predicted octanol–water partition coefficient (Wildman–Crippen LogP) is 1.06. The van der Waals surface area contributed by atoms with Gasteiger partial charge in [-0.3, -0.25) is 4.79 Å². The second-order valence-electron chi connectivity index (χ2n) is 5.26. The summed E-state index contributed by atoms with van der Waals surface area (Å²) in [6.07, 6.45) is 5.21. The topological polar surface area (TPSA) is 49.6 Å². The van der Waals surface area contributed by atoms with Gasteiger partial charge in [0.05, 0.1) is 6.04 Å². The van der Waals surface area contributed by atoms with Crippen LogP contribution in [-0.2, 0) is 4.79 Å². The van der Waals surface area contributed by atoms with Crippen LogP contribution < -0.4 is 5.73 Å². The van der Waals surface area contributed by atoms with E-state index in [0.717, 1.165) is 38.8 Å². The zero-order chi connectivity index (χ0) is 12.8. The number of rotatable bonds is 5. The largest absolute Gasteiger partial charge is 0.340 e. The fraction of sp³-hybridized carbons (Fsp3) is 0.923. The van der Waals surface area contributed by atoms with E-state index in [2.05, 4.69) is 18.9 Å². The maximum atomic E-state index is 12.1. The van der Waals surface area contributed by atoms with Crippen LogP contribution in [0.25, 0.3) is 0 Å². The molecule has 0 aromatic carbocycles. The van der Waals surface area contributed by atoms with Crippen molar-refractivity contribution in [2.75, 3.05) is 27.2 Å². The fourth-order valence-corrected chi connectivity index (χ4v) is 2.44. The summed E-state index contributed by atoms with van der Waals surface area (Å²) in [4.78, 5) is 16.3. The highest BCUT2D eigenvalue weighted by atomic mass is 16.2. The molecule has 1 aliphatic rings. The Bertz CT molecular complexity index is 245. The molecule has 1 rings (SSSR count). The fourth-order valence-electron chi connectivity index (χ4n) is 2.44. The first-order chi connectivity index (χ1) is 8.06. The van der Waals surface area contributed by atoms with Gasteiger partial charge in [0.25, 0.3) is 0 Å². The molecule has 1 amide bonds. The molecule has 17 heavy (non-hydrogen) atoms. The molecule has 1 saturated heterocycles. The molecule has 1 unspecified atom stereocenters. The van der Waals surface area contributed by atoms with E-state index < -0.39 is 0 Å². The Morgan fingerprint density at radius 2 is 2.29 bits per heavy atom. The molecule has 2 N–H and O–H groups in total. The molecule has 0 aromatic heterocycles. The Labute approximate surface area is 105 Å². The highest BCUT2D eigenvalue weighted by molar-refractivity contribution is 5.81. The molecular weight excluding hydrogens is 214 g/mol. The minimum atomic E-state index is -0.313. The molecule has 0 spiro atoms. The normalized spacial score (nSPS) is 23.4. The number of carbonyl (C=O) groups excluding carboxylic acids is 1. The van der Waals surface area contributed by atoms with Crippen LogP contribution in [0.15, 0.2) is 0 Å². The van der Waals surface area contributed by atoms with Crippen molar-refractivity contribution in [2.45, 2.75) is 51.1 Å². The van der Waals surface area contributed by atoms with Gasteiger partial charge >= 0.3 is 0 Å². The van der Waals surface area contributed by atoms with Crippen LogP contribution in [-0.4, -0.2) is 55.0 Å². The predicted molar refractivity (Wildman–Crippen MR) is 70.8 cm³/mol. The molecule has 0 bridgehead atoms. The number of likely N-dealkylation sites (tertiary alicyclic amines) is 1. The lowest BCUT2D eigenvalue weighted by molar-refractivity contribution is -0.134. The summed E-state index contributed by atoms with van der Waals surface area (Å²) in [7, 11) is 4.01. The molecule has 1 aliphatic heterocycles. The van der Waals surface area contributed by atoms with Crippen LogP contribution in [0.2, 0.25) is 0 Å². The van der Waals surface area contributed by atoms with E-state index in [4.69, 9.17) is 5.73 Å². The molecule has 4 nitrogen and oxygen atoms in total. The third-order valence-electron chi connectivity index (χ3n) is 3.68. The second-order valence-corrected chi connectivity index (χ2v) is 5.26. The lowest BCUT2D eigenvalue weighted by Crippen LogP contribution is -2.51. The first kappa shape index (κ1) is 14.5. The van der Waals surface area contributed by atoms with E-state index in [-0.39, 0.29) is 11.9 Å². The highest BCUT2D eigenvalue weighted by Crippen LogP contribution is 2.14. The Morgan fingerprint density at radius 1 is 1.59 bits per heavy atom. The van der Waals surface area contributed by atoms with Gasteiger partial charge in [-0.25, -0.2) is 0 Å². The first-order valence-corrected chi connectivity index (χ1v) is 6.77. The van der Waals surface area contributed by atoms with Crippen molar-refractivity contribution in [3.63, 3.8) is 0 Å². The van der Waals surface area contributed by atoms with Crippen LogP contribution in [0, 0.1) is 0 Å². The number of unbranched alkanes of at least 4 members (excludes halogenated alkanes) is 1. The summed E-state index contributed by atoms with van der Waals surface area (Å²) in [5, 5.41) is 0. The number of nitrogens with two attached hydrogens (primary N) is 1. The third kappa shape index (κ3) is 4.28. The lowest BCUT2D eigenvalue weighted by Gasteiger charge is -2.36. The van der Waals surface area contributed by atoms with E-state index in [1.165, 1.54) is 6.42 Å². The molecule has 4 heteroatoms. The quantitative estimate of drug-likeness (QED) is 0.783. The monoisotopic (exact) mass is 241 g/mol. The van der Waals surface area contributed by atoms with E-state index in [1.54, 1.807) is 0 Å². The molecule has 0 aromatic rings. The zero-order valence-corrected chi connectivity index (χ0v) is 11.5. The minimum Gasteiger partial charge on any atom is -0.340 e. The van der Waals surface area contributed by atoms with E-state index >= 15 is 0 Å². The number of carbonyl (C=O) groups is 1. The summed E-state index contributed by atoms with van der Waals surface area (Å²) in [6, 6.07) is 0.0288. The Hall–Kier alpha value is -0.610. The highest BCUT2D eigenvalue weighted by Gasteiger charge is 2.27. The first-order valence-electron chi connectivity index (χ1n) is 6.77. The Balaban J connectivity index is 2.44. The standard InChI is InChI=1S/C13H27N3O/c1-4-5-8-12(14)13(17)16(3)11-7-6-9-15(2)10-11/h11-12H,4-10,14H2,1-3H3/t11?,12-/m0/s1. The van der Waals surface area contributed by atoms with Gasteiger partial charge in [-0.15, -0.1) is 0 Å². The number of hydrogen-bond donors (Lipinski definition) is 1. The van der Waals surface area contributed by atoms with Crippen molar-refractivity contribution in [1.29, 1.82) is 0 Å². The summed E-state index contributed by atoms with van der Waals surface area (Å²) >= 11 is 0. The molecule has 2 atom stereocenters. The number of hydrogen-bond acceptors (Lipinski definition) is 3. The average Bonchev–Trinajstić information content (AvgIpc) is 2.34. The average molecular weight is 241 g/mol. The number of likely N-dealkylation sites (N-methyl/N-ethyl adjacent to an activating group) is 2. The molecule has 0 saturated carbocycles. The lowest BCUT2D eigenvalue weighted by atomic mass is 10.0. The van der Waals surface area contributed by atoms with E-state index in [1.807, 2.05) is 11.9 Å². The van der Waals surface area contributed by atoms with Crippen molar-refractivity contribution < 1.29 is 4.79 Å². The van der Waals surface area contributed by atoms with Crippen molar-refractivity contribution >= 4 is 5.91 Å². The van der Waals surface area contributed by atoms with Crippen LogP contribution in [0.4, 0.5) is 0 Å². The molecular formula is C13H27N3O. The van der Waals surface area contributed by atoms with Crippen LogP contribution >= 0.6 is 0 Å². The Morgan fingerprint density at radius 3 is 2.88 bits per heavy atom. The Kier molecular flexibility index (Phi) is 5.92. The van der Waals surface area contributed by atoms with Gasteiger partial charge < -0.3 is 15.5 Å². The van der Waals surface area contributed by atoms with Crippen molar-refractivity contribution in [3.05, 3.63) is 0 Å². The summed E-state index contributed by atoms with van der Waals surface area (Å²) in [5.41, 5.74) is 5.94. The second kappa shape index (κ2) is 6.97. The summed E-state index contributed by atoms with van der Waals surface area (Å²) in [6.45, 7) is 4.24. The van der Waals surface area contributed by atoms with Gasteiger partial charge in [0, 0.05) is 19.6 Å². The van der Waals surface area contributed by atoms with Crippen molar-refractivity contribution in [3.8, 4) is 0 Å². The number of piperidine rings is 1. The smallest absolute Gasteiger partial charge is 0.239 e. The minimum absolute atomic E-state index is 0.110. The van der Waals surface area contributed by atoms with Crippen molar-refractivity contribution in [2.24, 2.45) is 5.73 Å². The maximum Gasteiger partial charge on any atom is 0.239 e. The van der Waals surface area contributed by atoms with Crippen LogP contribution in [0.3, 0.4) is 0 Å².